The number of rotatable bonds is 38. The Morgan fingerprint density at radius 3 is 1.07 bits per heavy atom. The van der Waals surface area contributed by atoms with Crippen LogP contribution in [-0.2, 0) is 14.6 Å². The Morgan fingerprint density at radius 1 is 0.478 bits per heavy atom. The predicted molar refractivity (Wildman–Crippen MR) is 197 cm³/mol. The molecule has 4 nitrogen and oxygen atoms in total. The summed E-state index contributed by atoms with van der Waals surface area (Å²) in [7, 11) is -4.63. The van der Waals surface area contributed by atoms with E-state index in [1.165, 1.54) is 199 Å². The van der Waals surface area contributed by atoms with Gasteiger partial charge in [0.25, 0.3) is 0 Å². The predicted octanol–water partition coefficient (Wildman–Crippen LogP) is 10.9. The van der Waals surface area contributed by atoms with Crippen molar-refractivity contribution in [1.29, 1.82) is 0 Å². The minimum atomic E-state index is -4.63. The monoisotopic (exact) mass is 695 g/mol. The molecule has 0 spiro atoms. The molecule has 0 aliphatic rings. The van der Waals surface area contributed by atoms with Gasteiger partial charge in [0.15, 0.2) is 0 Å². The largest absolute Gasteiger partial charge is 1.00 e. The molecular weight excluding hydrogens is 616 g/mol. The van der Waals surface area contributed by atoms with Gasteiger partial charge >= 0.3 is 51.4 Å². The molecule has 0 saturated carbocycles. The van der Waals surface area contributed by atoms with Crippen LogP contribution in [0.2, 0.25) is 0 Å². The quantitative estimate of drug-likeness (QED) is 0.0212. The topological polar surface area (TPSA) is 66.4 Å². The molecule has 0 radical (unpaired) electrons. The summed E-state index contributed by atoms with van der Waals surface area (Å²) in [5, 5.41) is 0. The first kappa shape index (κ1) is 49.4. The van der Waals surface area contributed by atoms with Crippen molar-refractivity contribution in [3.63, 3.8) is 0 Å². The molecule has 0 aromatic carbocycles. The molecule has 6 heteroatoms. The van der Waals surface area contributed by atoms with Gasteiger partial charge in [0.05, 0.1) is 6.61 Å². The van der Waals surface area contributed by atoms with Crippen molar-refractivity contribution in [3.05, 3.63) is 12.2 Å². The van der Waals surface area contributed by atoms with Crippen LogP contribution >= 0.6 is 0 Å². The number of allylic oxidation sites excluding steroid dienone is 1. The van der Waals surface area contributed by atoms with E-state index in [1.807, 2.05) is 0 Å². The molecule has 1 unspecified atom stereocenters. The normalized spacial score (nSPS) is 12.6. The fourth-order valence-corrected chi connectivity index (χ4v) is 6.80. The molecule has 0 fully saturated rings. The zero-order valence-corrected chi connectivity index (χ0v) is 35.5. The van der Waals surface area contributed by atoms with Gasteiger partial charge in [0.1, 0.15) is 0 Å². The van der Waals surface area contributed by atoms with Crippen LogP contribution in [0.3, 0.4) is 0 Å². The summed E-state index contributed by atoms with van der Waals surface area (Å²) in [5.41, 5.74) is 0. The van der Waals surface area contributed by atoms with Gasteiger partial charge in [0.2, 0.25) is 10.4 Å². The molecule has 0 heterocycles. The van der Waals surface area contributed by atoms with Crippen LogP contribution in [-0.4, -0.2) is 19.6 Å². The minimum Gasteiger partial charge on any atom is -0.726 e. The third kappa shape index (κ3) is 43.3. The molecule has 0 amide bonds. The van der Waals surface area contributed by atoms with Crippen LogP contribution < -0.4 is 51.4 Å². The molecule has 1 atom stereocenters. The maximum absolute atomic E-state index is 11.0. The maximum atomic E-state index is 11.0. The van der Waals surface area contributed by atoms with Gasteiger partial charge in [-0.15, -0.1) is 0 Å². The van der Waals surface area contributed by atoms with E-state index in [0.29, 0.717) is 0 Å². The Kier molecular flexibility index (Phi) is 43.6. The summed E-state index contributed by atoms with van der Waals surface area (Å²) in [5.74, 6) is 0.0153. The van der Waals surface area contributed by atoms with Gasteiger partial charge in [0, 0.05) is 5.92 Å². The smallest absolute Gasteiger partial charge is 0.726 e. The Hall–Kier alpha value is 1.25. The molecule has 0 N–H and O–H groups in total. The van der Waals surface area contributed by atoms with Crippen molar-refractivity contribution in [3.8, 4) is 0 Å². The summed E-state index contributed by atoms with van der Waals surface area (Å²) in [6, 6.07) is 0. The summed E-state index contributed by atoms with van der Waals surface area (Å²) in [6.07, 6.45) is 49.7. The van der Waals surface area contributed by atoms with E-state index < -0.39 is 10.4 Å². The third-order valence-electron chi connectivity index (χ3n) is 9.49. The Labute approximate surface area is 332 Å². The first-order valence-corrected chi connectivity index (χ1v) is 21.6. The summed E-state index contributed by atoms with van der Waals surface area (Å²) >= 11 is 0. The first-order chi connectivity index (χ1) is 22.0. The van der Waals surface area contributed by atoms with Gasteiger partial charge in [-0.25, -0.2) is 8.42 Å². The Morgan fingerprint density at radius 2 is 0.761 bits per heavy atom. The average molecular weight is 695 g/mol. The molecule has 0 saturated heterocycles. The summed E-state index contributed by atoms with van der Waals surface area (Å²) in [4.78, 5) is 0. The van der Waals surface area contributed by atoms with E-state index >= 15 is 0 Å². The molecule has 0 aromatic heterocycles. The van der Waals surface area contributed by atoms with Crippen LogP contribution in [0.5, 0.6) is 0 Å². The zero-order valence-electron chi connectivity index (χ0n) is 31.5. The minimum absolute atomic E-state index is 0. The van der Waals surface area contributed by atoms with Crippen LogP contribution in [0.15, 0.2) is 12.2 Å². The summed E-state index contributed by atoms with van der Waals surface area (Å²) in [6.45, 7) is 4.55. The number of hydrogen-bond acceptors (Lipinski definition) is 4. The second-order valence-electron chi connectivity index (χ2n) is 14.1. The van der Waals surface area contributed by atoms with Crippen molar-refractivity contribution < 1.29 is 68.5 Å². The molecular formula is C40H79KO4S. The van der Waals surface area contributed by atoms with E-state index in [2.05, 4.69) is 30.2 Å². The van der Waals surface area contributed by atoms with E-state index in [-0.39, 0.29) is 63.9 Å². The van der Waals surface area contributed by atoms with Gasteiger partial charge in [-0.3, -0.25) is 4.18 Å². The third-order valence-corrected chi connectivity index (χ3v) is 9.91. The van der Waals surface area contributed by atoms with E-state index in [1.54, 1.807) is 0 Å². The van der Waals surface area contributed by atoms with Crippen LogP contribution in [0, 0.1) is 5.92 Å². The molecule has 0 aliphatic heterocycles. The number of unbranched alkanes of at least 4 members (excludes halogenated alkanes) is 31. The van der Waals surface area contributed by atoms with Crippen molar-refractivity contribution in [1.82, 2.24) is 0 Å². The molecule has 0 rings (SSSR count). The summed E-state index contributed by atoms with van der Waals surface area (Å²) < 4.78 is 37.6. The average Bonchev–Trinajstić information content (AvgIpc) is 3.02. The number of hydrogen-bond donors (Lipinski definition) is 0. The fourth-order valence-electron chi connectivity index (χ4n) is 6.46. The van der Waals surface area contributed by atoms with Crippen LogP contribution in [0.1, 0.15) is 232 Å². The van der Waals surface area contributed by atoms with Gasteiger partial charge in [-0.05, 0) is 19.3 Å². The Balaban J connectivity index is 0. The van der Waals surface area contributed by atoms with Crippen LogP contribution in [0.25, 0.3) is 0 Å². The van der Waals surface area contributed by atoms with Crippen molar-refractivity contribution in [2.24, 2.45) is 5.92 Å². The second-order valence-corrected chi connectivity index (χ2v) is 15.1. The van der Waals surface area contributed by atoms with E-state index in [0.717, 1.165) is 19.3 Å². The van der Waals surface area contributed by atoms with Gasteiger partial charge < -0.3 is 4.55 Å². The SMILES string of the molecule is CCCCCCCCCCCCCCCCCCC/C=C/C(CCCCCCCCCCCCCCCCC)COS(=O)(=O)[O-].[K+]. The van der Waals surface area contributed by atoms with Gasteiger partial charge in [-0.2, -0.15) is 0 Å². The van der Waals surface area contributed by atoms with Gasteiger partial charge in [-0.1, -0.05) is 225 Å². The van der Waals surface area contributed by atoms with Crippen molar-refractivity contribution >= 4 is 10.4 Å². The fraction of sp³-hybridized carbons (Fsp3) is 0.950. The van der Waals surface area contributed by atoms with E-state index in [9.17, 15) is 13.0 Å². The van der Waals surface area contributed by atoms with Crippen LogP contribution in [0.4, 0.5) is 0 Å². The molecule has 0 bridgehead atoms. The van der Waals surface area contributed by atoms with Crippen molar-refractivity contribution in [2.75, 3.05) is 6.61 Å². The molecule has 270 valence electrons. The Bertz CT molecular complexity index is 697. The van der Waals surface area contributed by atoms with Crippen molar-refractivity contribution in [2.45, 2.75) is 232 Å². The zero-order chi connectivity index (χ0) is 32.9. The first-order valence-electron chi connectivity index (χ1n) is 20.3. The molecule has 0 aliphatic carbocycles. The maximum Gasteiger partial charge on any atom is 1.00 e. The standard InChI is InChI=1S/C40H80O4S.K/c1-3-5-7-9-11-13-15-17-19-20-21-22-24-26-28-30-32-34-36-38-40(39-44-45(41,42)43)37-35-33-31-29-27-25-23-18-16-14-12-10-8-6-4-2;/h36,38,40H,3-35,37,39H2,1-2H3,(H,41,42,43);/q;+1/p-1/b38-36+;. The molecule has 0 aromatic rings. The molecule has 46 heavy (non-hydrogen) atoms. The second kappa shape index (κ2) is 40.7. The van der Waals surface area contributed by atoms with E-state index in [4.69, 9.17) is 0 Å².